The van der Waals surface area contributed by atoms with Gasteiger partial charge in [0.05, 0.1) is 24.0 Å². The summed E-state index contributed by atoms with van der Waals surface area (Å²) in [5, 5.41) is 0. The molecule has 26 heavy (non-hydrogen) atoms. The summed E-state index contributed by atoms with van der Waals surface area (Å²) >= 11 is 0. The van der Waals surface area contributed by atoms with Crippen molar-refractivity contribution in [3.63, 3.8) is 0 Å². The van der Waals surface area contributed by atoms with Crippen LogP contribution in [-0.4, -0.2) is 27.9 Å². The quantitative estimate of drug-likeness (QED) is 0.869. The fraction of sp³-hybridized carbons (Fsp3) is 0.316. The zero-order valence-electron chi connectivity index (χ0n) is 14.9. The van der Waals surface area contributed by atoms with E-state index in [-0.39, 0.29) is 17.3 Å². The van der Waals surface area contributed by atoms with Crippen molar-refractivity contribution in [3.05, 3.63) is 53.6 Å². The van der Waals surface area contributed by atoms with E-state index in [9.17, 15) is 13.2 Å². The molecule has 0 aliphatic carbocycles. The molecule has 2 aromatic rings. The SMILES string of the molecule is COc1cccc2c1OCC(C(C)=O)C2NS(=O)(=O)c1ccc(C)cc1. The van der Waals surface area contributed by atoms with Crippen LogP contribution in [0.4, 0.5) is 0 Å². The van der Waals surface area contributed by atoms with Crippen LogP contribution in [0.25, 0.3) is 0 Å². The first-order valence-electron chi connectivity index (χ1n) is 8.22. The number of Topliss-reactive ketones (excluding diaryl/α,β-unsaturated/α-hetero) is 1. The van der Waals surface area contributed by atoms with E-state index in [1.807, 2.05) is 6.92 Å². The average molecular weight is 375 g/mol. The van der Waals surface area contributed by atoms with Crippen LogP contribution in [0.5, 0.6) is 11.5 Å². The van der Waals surface area contributed by atoms with E-state index in [2.05, 4.69) is 4.72 Å². The van der Waals surface area contributed by atoms with Gasteiger partial charge in [0.1, 0.15) is 12.4 Å². The summed E-state index contributed by atoms with van der Waals surface area (Å²) in [5.41, 5.74) is 1.55. The molecule has 2 aromatic carbocycles. The first kappa shape index (κ1) is 18.4. The van der Waals surface area contributed by atoms with Gasteiger partial charge in [-0.1, -0.05) is 29.8 Å². The van der Waals surface area contributed by atoms with Gasteiger partial charge in [-0.2, -0.15) is 0 Å². The number of carbonyl (C=O) groups excluding carboxylic acids is 1. The van der Waals surface area contributed by atoms with Gasteiger partial charge in [0.25, 0.3) is 0 Å². The number of nitrogens with one attached hydrogen (secondary N) is 1. The number of hydrogen-bond acceptors (Lipinski definition) is 5. The number of benzene rings is 2. The number of carbonyl (C=O) groups is 1. The number of fused-ring (bicyclic) bond motifs is 1. The Morgan fingerprint density at radius 2 is 1.88 bits per heavy atom. The Hall–Kier alpha value is -2.38. The van der Waals surface area contributed by atoms with Crippen molar-refractivity contribution in [2.75, 3.05) is 13.7 Å². The maximum atomic E-state index is 12.8. The van der Waals surface area contributed by atoms with E-state index in [1.165, 1.54) is 14.0 Å². The number of ketones is 1. The van der Waals surface area contributed by atoms with Gasteiger partial charge in [-0.05, 0) is 32.0 Å². The van der Waals surface area contributed by atoms with Gasteiger partial charge in [0.2, 0.25) is 10.0 Å². The van der Waals surface area contributed by atoms with Crippen molar-refractivity contribution in [1.82, 2.24) is 4.72 Å². The summed E-state index contributed by atoms with van der Waals surface area (Å²) in [6, 6.07) is 11.1. The molecule has 0 saturated heterocycles. The molecular weight excluding hydrogens is 354 g/mol. The monoisotopic (exact) mass is 375 g/mol. The van der Waals surface area contributed by atoms with Crippen LogP contribution in [0, 0.1) is 12.8 Å². The second-order valence-corrected chi connectivity index (χ2v) is 8.03. The molecule has 1 heterocycles. The number of ether oxygens (including phenoxy) is 2. The number of aryl methyl sites for hydroxylation is 1. The zero-order chi connectivity index (χ0) is 18.9. The topological polar surface area (TPSA) is 81.7 Å². The van der Waals surface area contributed by atoms with Crippen LogP contribution in [-0.2, 0) is 14.8 Å². The van der Waals surface area contributed by atoms with Crippen LogP contribution in [0.15, 0.2) is 47.4 Å². The third-order valence-electron chi connectivity index (χ3n) is 4.51. The lowest BCUT2D eigenvalue weighted by molar-refractivity contribution is -0.123. The van der Waals surface area contributed by atoms with Crippen molar-refractivity contribution in [1.29, 1.82) is 0 Å². The highest BCUT2D eigenvalue weighted by Gasteiger charge is 2.38. The fourth-order valence-corrected chi connectivity index (χ4v) is 4.29. The molecule has 0 saturated carbocycles. The van der Waals surface area contributed by atoms with E-state index in [1.54, 1.807) is 42.5 Å². The maximum Gasteiger partial charge on any atom is 0.241 e. The highest BCUT2D eigenvalue weighted by molar-refractivity contribution is 7.89. The standard InChI is InChI=1S/C19H21NO5S/c1-12-7-9-14(10-8-12)26(22,23)20-18-15-5-4-6-17(24-3)19(15)25-11-16(18)13(2)21/h4-10,16,18,20H,11H2,1-3H3. The van der Waals surface area contributed by atoms with Crippen LogP contribution in [0.1, 0.15) is 24.1 Å². The Kier molecular flexibility index (Phi) is 5.02. The highest BCUT2D eigenvalue weighted by atomic mass is 32.2. The second-order valence-electron chi connectivity index (χ2n) is 6.32. The zero-order valence-corrected chi connectivity index (χ0v) is 15.7. The third kappa shape index (κ3) is 3.45. The molecule has 0 fully saturated rings. The van der Waals surface area contributed by atoms with Gasteiger partial charge in [0.15, 0.2) is 11.5 Å². The summed E-state index contributed by atoms with van der Waals surface area (Å²) in [6.45, 7) is 3.41. The van der Waals surface area contributed by atoms with E-state index >= 15 is 0 Å². The summed E-state index contributed by atoms with van der Waals surface area (Å²) in [5.74, 6) is 0.207. The Bertz CT molecular complexity index is 921. The lowest BCUT2D eigenvalue weighted by Gasteiger charge is -2.33. The van der Waals surface area contributed by atoms with Crippen molar-refractivity contribution in [2.45, 2.75) is 24.8 Å². The van der Waals surface area contributed by atoms with Crippen molar-refractivity contribution < 1.29 is 22.7 Å². The Labute approximate surface area is 153 Å². The lowest BCUT2D eigenvalue weighted by atomic mass is 9.88. The normalized spacial score (nSPS) is 19.3. The fourth-order valence-electron chi connectivity index (χ4n) is 3.03. The molecule has 138 valence electrons. The second kappa shape index (κ2) is 7.09. The van der Waals surface area contributed by atoms with Crippen LogP contribution >= 0.6 is 0 Å². The molecule has 0 aromatic heterocycles. The molecule has 0 radical (unpaired) electrons. The predicted molar refractivity (Wildman–Crippen MR) is 96.9 cm³/mol. The van der Waals surface area contributed by atoms with E-state index in [0.29, 0.717) is 17.1 Å². The van der Waals surface area contributed by atoms with Crippen molar-refractivity contribution in [3.8, 4) is 11.5 Å². The third-order valence-corrected chi connectivity index (χ3v) is 5.97. The molecule has 2 atom stereocenters. The lowest BCUT2D eigenvalue weighted by Crippen LogP contribution is -2.41. The molecule has 0 bridgehead atoms. The smallest absolute Gasteiger partial charge is 0.241 e. The largest absolute Gasteiger partial charge is 0.493 e. The van der Waals surface area contributed by atoms with E-state index in [0.717, 1.165) is 5.56 Å². The maximum absolute atomic E-state index is 12.8. The Morgan fingerprint density at radius 3 is 2.50 bits per heavy atom. The minimum atomic E-state index is -3.80. The molecular formula is C19H21NO5S. The van der Waals surface area contributed by atoms with Gasteiger partial charge >= 0.3 is 0 Å². The summed E-state index contributed by atoms with van der Waals surface area (Å²) in [7, 11) is -2.29. The molecule has 2 unspecified atom stereocenters. The van der Waals surface area contributed by atoms with Crippen molar-refractivity contribution in [2.24, 2.45) is 5.92 Å². The van der Waals surface area contributed by atoms with Gasteiger partial charge in [0, 0.05) is 5.56 Å². The van der Waals surface area contributed by atoms with Gasteiger partial charge in [-0.25, -0.2) is 13.1 Å². The van der Waals surface area contributed by atoms with Gasteiger partial charge in [-0.3, -0.25) is 4.79 Å². The Balaban J connectivity index is 2.03. The first-order chi connectivity index (χ1) is 12.3. The average Bonchev–Trinajstić information content (AvgIpc) is 2.61. The van der Waals surface area contributed by atoms with Crippen LogP contribution < -0.4 is 14.2 Å². The highest BCUT2D eigenvalue weighted by Crippen LogP contribution is 2.42. The minimum Gasteiger partial charge on any atom is -0.493 e. The predicted octanol–water partition coefficient (Wildman–Crippen LogP) is 2.62. The number of sulfonamides is 1. The number of methoxy groups -OCH3 is 1. The summed E-state index contributed by atoms with van der Waals surface area (Å²) in [4.78, 5) is 12.2. The van der Waals surface area contributed by atoms with E-state index < -0.39 is 22.0 Å². The molecule has 1 aliphatic rings. The van der Waals surface area contributed by atoms with E-state index in [4.69, 9.17) is 9.47 Å². The molecule has 7 heteroatoms. The molecule has 0 spiro atoms. The van der Waals surface area contributed by atoms with Crippen molar-refractivity contribution >= 4 is 15.8 Å². The number of hydrogen-bond donors (Lipinski definition) is 1. The molecule has 3 rings (SSSR count). The minimum absolute atomic E-state index is 0.0871. The summed E-state index contributed by atoms with van der Waals surface area (Å²) < 4.78 is 39.4. The van der Waals surface area contributed by atoms with Gasteiger partial charge < -0.3 is 9.47 Å². The Morgan fingerprint density at radius 1 is 1.19 bits per heavy atom. The summed E-state index contributed by atoms with van der Waals surface area (Å²) in [6.07, 6.45) is 0. The molecule has 1 aliphatic heterocycles. The van der Waals surface area contributed by atoms with Crippen LogP contribution in [0.2, 0.25) is 0 Å². The number of rotatable bonds is 5. The molecule has 6 nitrogen and oxygen atoms in total. The molecule has 1 N–H and O–H groups in total. The van der Waals surface area contributed by atoms with Crippen LogP contribution in [0.3, 0.4) is 0 Å². The molecule has 0 amide bonds. The first-order valence-corrected chi connectivity index (χ1v) is 9.71. The number of para-hydroxylation sites is 1. The van der Waals surface area contributed by atoms with Gasteiger partial charge in [-0.15, -0.1) is 0 Å².